The van der Waals surface area contributed by atoms with Gasteiger partial charge in [-0.1, -0.05) is 106 Å². The second-order valence-electron chi connectivity index (χ2n) is 28.4. The number of carbonyl (C=O) groups excluding carboxylic acids is 7. The van der Waals surface area contributed by atoms with E-state index < -0.39 is 88.9 Å². The molecule has 4 aromatic rings. The van der Waals surface area contributed by atoms with Crippen molar-refractivity contribution >= 4 is 64.3 Å². The van der Waals surface area contributed by atoms with Crippen LogP contribution >= 0.6 is 0 Å². The number of amides is 3. The van der Waals surface area contributed by atoms with Crippen molar-refractivity contribution in [2.45, 2.75) is 233 Å². The van der Waals surface area contributed by atoms with Crippen LogP contribution in [-0.2, 0) is 93.0 Å². The third kappa shape index (κ3) is 17.3. The van der Waals surface area contributed by atoms with Crippen molar-refractivity contribution < 1.29 is 108 Å². The third-order valence-corrected chi connectivity index (χ3v) is 20.5. The molecule has 10 rings (SSSR count). The van der Waals surface area contributed by atoms with Crippen LogP contribution in [0.4, 0.5) is 8.78 Å². The molecule has 7 heterocycles. The van der Waals surface area contributed by atoms with Crippen molar-refractivity contribution in [1.82, 2.24) is 34.6 Å². The molecule has 20 nitrogen and oxygen atoms in total. The first kappa shape index (κ1) is 76.4. The minimum Gasteiger partial charge on any atom is -0.540 e. The molecule has 2 aromatic carbocycles. The van der Waals surface area contributed by atoms with Gasteiger partial charge in [0, 0.05) is 68.6 Å². The van der Waals surface area contributed by atoms with Gasteiger partial charge >= 0.3 is 11.9 Å². The van der Waals surface area contributed by atoms with Crippen molar-refractivity contribution in [3.05, 3.63) is 47.8 Å². The Balaban J connectivity index is 0.000000263. The first-order valence-corrected chi connectivity index (χ1v) is 33.7. The standard InChI is InChI=1S/C36H49N4O7.C35H46F2N3O6.2V/c1-7-24-30(21-41)40-20-32(24)47-34-27(37-26-16-15-23(45-6)18-28(26)38-34)12-9-8-10-13-29-31(14-11-17-39(29)22(2)42)46-33(43)19-25(35(40)44)36(3,4)5;1-6-23-28(20-41)40-19-29(23)45-31-26(38-25-15-14-22(44-5)17-27(25)39-31)13-9-7-8-11-21-12-10-16-35(21,33(36)37)46-30(42)18-24(32(40)43)34(2,3)4;;/h15-16,18,24-25,29-32H,7-14,17,19-20H2,1-6H3;14-15,17,21,23-24,28-29,33H,6-13,16,18-19H2,1-5H3;;/q2*-1;;/t24-,25+,29-,30+,31+,32-;21-,23+,24-,28-,29+,35-;;/m01../s1. The fourth-order valence-electron chi connectivity index (χ4n) is 15.1. The van der Waals surface area contributed by atoms with Crippen molar-refractivity contribution in [3.63, 3.8) is 0 Å². The molecular formula is C71H95F2N7O13V2-2. The van der Waals surface area contributed by atoms with Crippen LogP contribution in [0.5, 0.6) is 23.3 Å². The van der Waals surface area contributed by atoms with E-state index in [1.165, 1.54) is 9.80 Å². The number of rotatable bonds is 7. The monoisotopic (exact) mass is 1390 g/mol. The molecule has 2 radical (unpaired) electrons. The van der Waals surface area contributed by atoms with Gasteiger partial charge in [0.05, 0.1) is 80.1 Å². The number of alkyl halides is 2. The molecule has 4 fully saturated rings. The van der Waals surface area contributed by atoms with Gasteiger partial charge in [-0.05, 0) is 118 Å². The number of aryl methyl sites for hydroxylation is 2. The van der Waals surface area contributed by atoms with Crippen LogP contribution < -0.4 is 18.9 Å². The minimum absolute atomic E-state index is 0. The number of hydrogen-bond acceptors (Lipinski definition) is 17. The molecule has 3 saturated heterocycles. The Morgan fingerprint density at radius 1 is 0.621 bits per heavy atom. The third-order valence-electron chi connectivity index (χ3n) is 20.5. The van der Waals surface area contributed by atoms with Crippen LogP contribution in [0.3, 0.4) is 0 Å². The van der Waals surface area contributed by atoms with Gasteiger partial charge in [0.15, 0.2) is 5.60 Å². The van der Waals surface area contributed by atoms with Crippen LogP contribution in [0.15, 0.2) is 36.4 Å². The smallest absolute Gasteiger partial charge is 0.307 e. The summed E-state index contributed by atoms with van der Waals surface area (Å²) in [5, 5.41) is 0. The van der Waals surface area contributed by atoms with E-state index in [9.17, 15) is 42.3 Å². The van der Waals surface area contributed by atoms with Gasteiger partial charge < -0.3 is 52.7 Å². The predicted molar refractivity (Wildman–Crippen MR) is 343 cm³/mol. The second-order valence-corrected chi connectivity index (χ2v) is 28.4. The number of nitrogens with zero attached hydrogens (tertiary/aromatic N) is 7. The van der Waals surface area contributed by atoms with Gasteiger partial charge in [-0.2, -0.15) is 0 Å². The van der Waals surface area contributed by atoms with Gasteiger partial charge in [0.25, 0.3) is 6.43 Å². The number of piperidine rings is 1. The summed E-state index contributed by atoms with van der Waals surface area (Å²) in [5.41, 5.74) is 0.823. The molecular weight excluding hydrogens is 1300 g/mol. The minimum atomic E-state index is -2.83. The van der Waals surface area contributed by atoms with E-state index >= 15 is 0 Å². The molecule has 1 saturated carbocycles. The Bertz CT molecular complexity index is 3350. The molecule has 6 aliphatic rings. The fourth-order valence-corrected chi connectivity index (χ4v) is 15.1. The number of carbonyl (C=O) groups is 5. The Kier molecular flexibility index (Phi) is 26.6. The number of fused-ring (bicyclic) bond motifs is 10. The normalized spacial score (nSPS) is 28.3. The van der Waals surface area contributed by atoms with Crippen molar-refractivity contribution in [2.24, 2.45) is 40.4 Å². The fraction of sp³-hybridized carbons (Fsp3) is 0.676. The van der Waals surface area contributed by atoms with Gasteiger partial charge in [0.1, 0.15) is 41.2 Å². The molecule has 518 valence electrons. The van der Waals surface area contributed by atoms with E-state index in [1.54, 1.807) is 27.2 Å². The van der Waals surface area contributed by atoms with E-state index in [0.717, 1.165) is 49.7 Å². The van der Waals surface area contributed by atoms with Gasteiger partial charge in [-0.15, -0.1) is 0 Å². The second kappa shape index (κ2) is 33.1. The summed E-state index contributed by atoms with van der Waals surface area (Å²) < 4.78 is 65.3. The van der Waals surface area contributed by atoms with Crippen LogP contribution in [0.25, 0.3) is 22.1 Å². The number of aromatic nitrogens is 4. The van der Waals surface area contributed by atoms with Gasteiger partial charge in [-0.3, -0.25) is 24.0 Å². The number of halogens is 2. The molecule has 0 unspecified atom stereocenters. The molecule has 3 amide bonds. The van der Waals surface area contributed by atoms with E-state index in [4.69, 9.17) is 48.4 Å². The molecule has 95 heavy (non-hydrogen) atoms. The maximum Gasteiger partial charge on any atom is 0.307 e. The summed E-state index contributed by atoms with van der Waals surface area (Å²) in [5.74, 6) is -2.83. The molecule has 2 aromatic heterocycles. The van der Waals surface area contributed by atoms with Crippen molar-refractivity contribution in [2.75, 3.05) is 33.9 Å². The molecule has 4 bridgehead atoms. The molecule has 0 N–H and O–H groups in total. The Morgan fingerprint density at radius 3 is 1.54 bits per heavy atom. The molecule has 5 aliphatic heterocycles. The van der Waals surface area contributed by atoms with Crippen LogP contribution in [0.2, 0.25) is 0 Å². The Labute approximate surface area is 581 Å². The largest absolute Gasteiger partial charge is 0.540 e. The number of hydrogen-bond donors (Lipinski definition) is 0. The van der Waals surface area contributed by atoms with E-state index in [-0.39, 0.29) is 99.2 Å². The summed E-state index contributed by atoms with van der Waals surface area (Å²) in [4.78, 5) is 117. The number of benzene rings is 2. The van der Waals surface area contributed by atoms with E-state index in [1.807, 2.05) is 90.6 Å². The van der Waals surface area contributed by atoms with E-state index in [0.29, 0.717) is 116 Å². The van der Waals surface area contributed by atoms with Crippen LogP contribution in [0, 0.1) is 40.4 Å². The molecule has 24 heteroatoms. The summed E-state index contributed by atoms with van der Waals surface area (Å²) in [6.45, 7) is 17.6. The summed E-state index contributed by atoms with van der Waals surface area (Å²) in [6.07, 6.45) is 10.2. The zero-order valence-electron chi connectivity index (χ0n) is 57.0. The molecule has 1 aliphatic carbocycles. The van der Waals surface area contributed by atoms with Crippen LogP contribution in [0.1, 0.15) is 183 Å². The number of likely N-dealkylation sites (tertiary alicyclic amines) is 1. The SMILES string of the molecule is CC[C@@H]1[C@@H]2CN(C(=O)[C@H](C(C)(C)C)CC(=O)O[C@@H]3CCCN(C(C)=O)[C@H]3CCCCCc3nc4ccc(OC)cc4nc3O2)[C@@H]1[C-]=O.CC[C@@H]1[C@@H]2CN(C(=O)[C@H](C(C)(C)C)CC(=O)O[C@]3(C(F)F)CCC[C@H]3CCCCCc3nc4ccc(OC)cc4nc3O2)[C@@H]1[C-]=O.[V].[V]. The first-order chi connectivity index (χ1) is 44.4. The average Bonchev–Trinajstić information content (AvgIpc) is 1.70. The number of methoxy groups -OCH3 is 2. The maximum atomic E-state index is 14.7. The quantitative estimate of drug-likeness (QED) is 0.123. The first-order valence-electron chi connectivity index (χ1n) is 33.7. The Hall–Kier alpha value is -5.96. The van der Waals surface area contributed by atoms with E-state index in [2.05, 4.69) is 12.6 Å². The van der Waals surface area contributed by atoms with Gasteiger partial charge in [0.2, 0.25) is 29.5 Å². The topological polar surface area (TPSA) is 236 Å². The van der Waals surface area contributed by atoms with Crippen molar-refractivity contribution in [3.8, 4) is 23.3 Å². The Morgan fingerprint density at radius 2 is 1.09 bits per heavy atom. The average molecular weight is 1390 g/mol. The van der Waals surface area contributed by atoms with Crippen LogP contribution in [-0.4, -0.2) is 159 Å². The van der Waals surface area contributed by atoms with Crippen molar-refractivity contribution in [1.29, 1.82) is 0 Å². The number of ether oxygens (including phenoxy) is 6. The number of esters is 2. The zero-order valence-corrected chi connectivity index (χ0v) is 59.8. The molecule has 0 spiro atoms. The summed E-state index contributed by atoms with van der Waals surface area (Å²) in [6, 6.07) is 9.03. The predicted octanol–water partition coefficient (Wildman–Crippen LogP) is 11.1. The van der Waals surface area contributed by atoms with Gasteiger partial charge in [-0.25, -0.2) is 41.3 Å². The summed E-state index contributed by atoms with van der Waals surface area (Å²) in [7, 11) is 3.17. The summed E-state index contributed by atoms with van der Waals surface area (Å²) >= 11 is 0. The molecule has 12 atom stereocenters. The maximum absolute atomic E-state index is 14.7. The zero-order chi connectivity index (χ0) is 67.1.